The number of amides is 1. The summed E-state index contributed by atoms with van der Waals surface area (Å²) in [7, 11) is 0. The molecule has 1 fully saturated rings. The largest absolute Gasteiger partial charge is 0.467 e. The molecule has 1 N–H and O–H groups in total. The molecule has 8 heteroatoms. The molecule has 2 aliphatic rings. The molecule has 0 radical (unpaired) electrons. The van der Waals surface area contributed by atoms with E-state index in [1.54, 1.807) is 6.26 Å². The van der Waals surface area contributed by atoms with Gasteiger partial charge in [-0.05, 0) is 48.4 Å². The van der Waals surface area contributed by atoms with Crippen molar-refractivity contribution in [2.24, 2.45) is 5.92 Å². The maximum absolute atomic E-state index is 12.6. The van der Waals surface area contributed by atoms with Crippen LogP contribution < -0.4 is 5.32 Å². The lowest BCUT2D eigenvalue weighted by atomic mass is 9.89. The Morgan fingerprint density at radius 3 is 3.07 bits per heavy atom. The average molecular weight is 398 g/mol. The summed E-state index contributed by atoms with van der Waals surface area (Å²) < 4.78 is 7.28. The van der Waals surface area contributed by atoms with E-state index in [2.05, 4.69) is 38.8 Å². The van der Waals surface area contributed by atoms with Crippen molar-refractivity contribution in [2.75, 3.05) is 13.1 Å². The number of aromatic nitrogens is 3. The molecule has 2 aliphatic heterocycles. The van der Waals surface area contributed by atoms with Gasteiger partial charge >= 0.3 is 0 Å². The highest BCUT2D eigenvalue weighted by Gasteiger charge is 2.40. The molecular weight excluding hydrogens is 374 g/mol. The van der Waals surface area contributed by atoms with Crippen molar-refractivity contribution in [1.82, 2.24) is 25.0 Å². The second kappa shape index (κ2) is 7.18. The lowest BCUT2D eigenvalue weighted by molar-refractivity contribution is 0.0931. The number of nitrogens with zero attached hydrogens (tertiary/aromatic N) is 4. The van der Waals surface area contributed by atoms with Crippen molar-refractivity contribution in [3.8, 4) is 0 Å². The summed E-state index contributed by atoms with van der Waals surface area (Å²) >= 11 is 1.83. The second-order valence-electron chi connectivity index (χ2n) is 7.67. The highest BCUT2D eigenvalue weighted by atomic mass is 32.1. The van der Waals surface area contributed by atoms with E-state index >= 15 is 0 Å². The van der Waals surface area contributed by atoms with Crippen LogP contribution in [0.25, 0.3) is 0 Å². The fourth-order valence-electron chi connectivity index (χ4n) is 4.38. The van der Waals surface area contributed by atoms with Crippen molar-refractivity contribution < 1.29 is 9.21 Å². The Morgan fingerprint density at radius 2 is 2.29 bits per heavy atom. The zero-order valence-electron chi connectivity index (χ0n) is 15.8. The van der Waals surface area contributed by atoms with Crippen LogP contribution in [0.2, 0.25) is 0 Å². The minimum Gasteiger partial charge on any atom is -0.467 e. The fraction of sp³-hybridized carbons (Fsp3) is 0.450. The normalized spacial score (nSPS) is 21.5. The number of thiophene rings is 1. The number of hydrogen-bond donors (Lipinski definition) is 1. The van der Waals surface area contributed by atoms with Gasteiger partial charge in [-0.15, -0.1) is 21.5 Å². The predicted molar refractivity (Wildman–Crippen MR) is 105 cm³/mol. The molecule has 28 heavy (non-hydrogen) atoms. The summed E-state index contributed by atoms with van der Waals surface area (Å²) in [4.78, 5) is 16.6. The standard InChI is InChI=1S/C20H23N5O2S/c1-13-5-8-28-17(13)12-24-10-14-4-6-25-18(16(14)11-24)22-23-19(25)20(26)21-9-15-3-2-7-27-15/h2-3,5,7-8,14,16H,4,6,9-12H2,1H3,(H,21,26)/t14-,16+/m1/s1. The van der Waals surface area contributed by atoms with Gasteiger partial charge in [0.05, 0.1) is 12.8 Å². The van der Waals surface area contributed by atoms with Crippen molar-refractivity contribution in [3.63, 3.8) is 0 Å². The summed E-state index contributed by atoms with van der Waals surface area (Å²) in [6.45, 7) is 6.41. The van der Waals surface area contributed by atoms with E-state index < -0.39 is 0 Å². The summed E-state index contributed by atoms with van der Waals surface area (Å²) in [5.74, 6) is 2.85. The molecule has 5 heterocycles. The van der Waals surface area contributed by atoms with Crippen LogP contribution >= 0.6 is 11.3 Å². The number of rotatable bonds is 5. The van der Waals surface area contributed by atoms with Gasteiger partial charge in [-0.1, -0.05) is 0 Å². The van der Waals surface area contributed by atoms with E-state index in [-0.39, 0.29) is 5.91 Å². The summed E-state index contributed by atoms with van der Waals surface area (Å²) in [6.07, 6.45) is 2.66. The number of hydrogen-bond acceptors (Lipinski definition) is 6. The van der Waals surface area contributed by atoms with Crippen LogP contribution in [-0.2, 0) is 19.6 Å². The van der Waals surface area contributed by atoms with Crippen molar-refractivity contribution in [1.29, 1.82) is 0 Å². The van der Waals surface area contributed by atoms with E-state index in [0.717, 1.165) is 44.2 Å². The number of fused-ring (bicyclic) bond motifs is 3. The van der Waals surface area contributed by atoms with Crippen LogP contribution in [0.5, 0.6) is 0 Å². The summed E-state index contributed by atoms with van der Waals surface area (Å²) in [5.41, 5.74) is 1.37. The Morgan fingerprint density at radius 1 is 1.36 bits per heavy atom. The molecule has 0 saturated carbocycles. The molecule has 0 aromatic carbocycles. The summed E-state index contributed by atoms with van der Waals surface area (Å²) in [6, 6.07) is 5.84. The molecule has 146 valence electrons. The maximum atomic E-state index is 12.6. The first-order valence-corrected chi connectivity index (χ1v) is 10.6. The highest BCUT2D eigenvalue weighted by Crippen LogP contribution is 2.39. The first-order chi connectivity index (χ1) is 13.7. The minimum atomic E-state index is -0.197. The van der Waals surface area contributed by atoms with Crippen LogP contribution in [0, 0.1) is 12.8 Å². The SMILES string of the molecule is Cc1ccsc1CN1C[C@H]2CCn3c(C(=O)NCc4ccco4)nnc3[C@H]2C1. The van der Waals surface area contributed by atoms with Gasteiger partial charge in [-0.25, -0.2) is 0 Å². The van der Waals surface area contributed by atoms with E-state index in [1.165, 1.54) is 10.4 Å². The minimum absolute atomic E-state index is 0.197. The second-order valence-corrected chi connectivity index (χ2v) is 8.67. The first kappa shape index (κ1) is 17.6. The Bertz CT molecular complexity index is 977. The van der Waals surface area contributed by atoms with Crippen molar-refractivity contribution >= 4 is 17.2 Å². The number of likely N-dealkylation sites (tertiary alicyclic amines) is 1. The molecule has 2 atom stereocenters. The molecule has 1 amide bonds. The van der Waals surface area contributed by atoms with Gasteiger partial charge in [0.25, 0.3) is 5.91 Å². The maximum Gasteiger partial charge on any atom is 0.289 e. The lowest BCUT2D eigenvalue weighted by Crippen LogP contribution is -2.30. The van der Waals surface area contributed by atoms with E-state index in [0.29, 0.717) is 24.2 Å². The number of carbonyl (C=O) groups excluding carboxylic acids is 1. The Balaban J connectivity index is 1.29. The number of aryl methyl sites for hydroxylation is 1. The van der Waals surface area contributed by atoms with E-state index in [9.17, 15) is 4.79 Å². The molecule has 0 unspecified atom stereocenters. The number of carbonyl (C=O) groups is 1. The molecule has 0 aliphatic carbocycles. The third kappa shape index (κ3) is 3.16. The average Bonchev–Trinajstić information content (AvgIpc) is 3.47. The molecule has 1 saturated heterocycles. The van der Waals surface area contributed by atoms with Gasteiger partial charge in [0.15, 0.2) is 0 Å². The van der Waals surface area contributed by atoms with Gasteiger partial charge in [0.2, 0.25) is 5.82 Å². The molecule has 7 nitrogen and oxygen atoms in total. The fourth-order valence-corrected chi connectivity index (χ4v) is 5.32. The van der Waals surface area contributed by atoms with Gasteiger partial charge in [0, 0.05) is 37.0 Å². The lowest BCUT2D eigenvalue weighted by Gasteiger charge is -2.25. The van der Waals surface area contributed by atoms with E-state index in [1.807, 2.05) is 28.0 Å². The molecule has 5 rings (SSSR count). The van der Waals surface area contributed by atoms with Crippen molar-refractivity contribution in [3.05, 3.63) is 57.7 Å². The molecular formula is C20H23N5O2S. The van der Waals surface area contributed by atoms with Gasteiger partial charge in [-0.3, -0.25) is 9.69 Å². The first-order valence-electron chi connectivity index (χ1n) is 9.68. The van der Waals surface area contributed by atoms with Crippen LogP contribution in [0.15, 0.2) is 34.3 Å². The Kier molecular flexibility index (Phi) is 4.52. The smallest absolute Gasteiger partial charge is 0.289 e. The van der Waals surface area contributed by atoms with Crippen LogP contribution in [0.4, 0.5) is 0 Å². The molecule has 3 aromatic heterocycles. The van der Waals surface area contributed by atoms with Crippen LogP contribution in [0.1, 0.15) is 45.0 Å². The summed E-state index contributed by atoms with van der Waals surface area (Å²) in [5, 5.41) is 13.7. The monoisotopic (exact) mass is 397 g/mol. The Labute approximate surface area is 167 Å². The van der Waals surface area contributed by atoms with E-state index in [4.69, 9.17) is 4.42 Å². The van der Waals surface area contributed by atoms with Crippen LogP contribution in [-0.4, -0.2) is 38.7 Å². The van der Waals surface area contributed by atoms with Gasteiger partial charge in [0.1, 0.15) is 11.6 Å². The van der Waals surface area contributed by atoms with Crippen LogP contribution in [0.3, 0.4) is 0 Å². The topological polar surface area (TPSA) is 76.2 Å². The van der Waals surface area contributed by atoms with Crippen molar-refractivity contribution in [2.45, 2.75) is 38.9 Å². The van der Waals surface area contributed by atoms with Gasteiger partial charge in [-0.2, -0.15) is 0 Å². The highest BCUT2D eigenvalue weighted by molar-refractivity contribution is 7.10. The Hall–Kier alpha value is -2.45. The molecule has 0 bridgehead atoms. The number of furan rings is 1. The molecule has 3 aromatic rings. The quantitative estimate of drug-likeness (QED) is 0.716. The number of nitrogens with one attached hydrogen (secondary N) is 1. The third-order valence-corrected chi connectivity index (χ3v) is 6.90. The zero-order valence-corrected chi connectivity index (χ0v) is 16.6. The third-order valence-electron chi connectivity index (χ3n) is 5.89. The zero-order chi connectivity index (χ0) is 19.1. The predicted octanol–water partition coefficient (Wildman–Crippen LogP) is 2.79. The molecule has 0 spiro atoms. The van der Waals surface area contributed by atoms with Gasteiger partial charge < -0.3 is 14.3 Å².